The molecular formula is C14H24N4. The van der Waals surface area contributed by atoms with Crippen molar-refractivity contribution in [1.82, 2.24) is 15.3 Å². The summed E-state index contributed by atoms with van der Waals surface area (Å²) in [6.45, 7) is 6.88. The molecule has 3 N–H and O–H groups in total. The highest BCUT2D eigenvalue weighted by molar-refractivity contribution is 5.19. The molecular weight excluding hydrogens is 224 g/mol. The molecule has 0 aliphatic carbocycles. The normalized spacial score (nSPS) is 21.7. The minimum absolute atomic E-state index is 0.0499. The topological polar surface area (TPSA) is 54.2 Å². The fourth-order valence-electron chi connectivity index (χ4n) is 3.02. The lowest BCUT2D eigenvalue weighted by atomic mass is 9.84. The van der Waals surface area contributed by atoms with Crippen molar-refractivity contribution in [3.05, 3.63) is 30.1 Å². The molecule has 0 amide bonds. The van der Waals surface area contributed by atoms with E-state index in [1.165, 1.54) is 25.9 Å². The van der Waals surface area contributed by atoms with Crippen molar-refractivity contribution in [1.29, 1.82) is 0 Å². The van der Waals surface area contributed by atoms with Gasteiger partial charge in [-0.25, -0.2) is 0 Å². The quantitative estimate of drug-likeness (QED) is 0.617. The van der Waals surface area contributed by atoms with E-state index in [1.807, 2.05) is 12.3 Å². The molecule has 0 radical (unpaired) electrons. The van der Waals surface area contributed by atoms with E-state index in [4.69, 9.17) is 5.84 Å². The molecule has 1 fully saturated rings. The minimum atomic E-state index is 0.0499. The Morgan fingerprint density at radius 2 is 2.22 bits per heavy atom. The SMILES string of the molecule is CCC(C)(C(NN)c1cccnc1)N1CCCC1. The van der Waals surface area contributed by atoms with Gasteiger partial charge in [-0.15, -0.1) is 0 Å². The lowest BCUT2D eigenvalue weighted by molar-refractivity contribution is 0.0839. The zero-order valence-electron chi connectivity index (χ0n) is 11.4. The number of nitrogens with zero attached hydrogens (tertiary/aromatic N) is 2. The van der Waals surface area contributed by atoms with Crippen LogP contribution in [0.25, 0.3) is 0 Å². The fourth-order valence-corrected chi connectivity index (χ4v) is 3.02. The summed E-state index contributed by atoms with van der Waals surface area (Å²) < 4.78 is 0. The Balaban J connectivity index is 2.28. The number of hydrogen-bond acceptors (Lipinski definition) is 4. The van der Waals surface area contributed by atoms with Crippen molar-refractivity contribution in [2.24, 2.45) is 5.84 Å². The third-order valence-corrected chi connectivity index (χ3v) is 4.35. The van der Waals surface area contributed by atoms with Gasteiger partial charge in [-0.2, -0.15) is 0 Å². The Bertz CT molecular complexity index is 361. The predicted octanol–water partition coefficient (Wildman–Crippen LogP) is 1.85. The Hall–Kier alpha value is -0.970. The van der Waals surface area contributed by atoms with Gasteiger partial charge in [0.2, 0.25) is 0 Å². The highest BCUT2D eigenvalue weighted by atomic mass is 15.3. The summed E-state index contributed by atoms with van der Waals surface area (Å²) in [5, 5.41) is 0. The molecule has 0 aromatic carbocycles. The first-order chi connectivity index (χ1) is 8.72. The van der Waals surface area contributed by atoms with Crippen molar-refractivity contribution < 1.29 is 0 Å². The lowest BCUT2D eigenvalue weighted by Crippen LogP contribution is -2.54. The molecule has 100 valence electrons. The molecule has 4 heteroatoms. The maximum Gasteiger partial charge on any atom is 0.0656 e. The second kappa shape index (κ2) is 5.78. The van der Waals surface area contributed by atoms with Crippen molar-refractivity contribution >= 4 is 0 Å². The summed E-state index contributed by atoms with van der Waals surface area (Å²) in [4.78, 5) is 6.77. The summed E-state index contributed by atoms with van der Waals surface area (Å²) in [5.74, 6) is 5.83. The minimum Gasteiger partial charge on any atom is -0.296 e. The molecule has 2 heterocycles. The van der Waals surface area contributed by atoms with Gasteiger partial charge < -0.3 is 0 Å². The molecule has 2 unspecified atom stereocenters. The molecule has 1 aromatic rings. The number of aromatic nitrogens is 1. The average molecular weight is 248 g/mol. The fraction of sp³-hybridized carbons (Fsp3) is 0.643. The Morgan fingerprint density at radius 1 is 1.50 bits per heavy atom. The van der Waals surface area contributed by atoms with E-state index in [0.717, 1.165) is 12.0 Å². The van der Waals surface area contributed by atoms with Crippen LogP contribution in [0, 0.1) is 0 Å². The molecule has 0 bridgehead atoms. The summed E-state index contributed by atoms with van der Waals surface area (Å²) in [6, 6.07) is 4.19. The Kier molecular flexibility index (Phi) is 4.32. The van der Waals surface area contributed by atoms with Crippen LogP contribution in [0.3, 0.4) is 0 Å². The van der Waals surface area contributed by atoms with Crippen molar-refractivity contribution in [2.75, 3.05) is 13.1 Å². The standard InChI is InChI=1S/C14H24N4/c1-3-14(2,18-9-4-5-10-18)13(17-15)12-7-6-8-16-11-12/h6-8,11,13,17H,3-5,9-10,15H2,1-2H3. The van der Waals surface area contributed by atoms with Gasteiger partial charge in [-0.3, -0.25) is 21.2 Å². The van der Waals surface area contributed by atoms with Gasteiger partial charge in [-0.1, -0.05) is 13.0 Å². The number of hydrazine groups is 1. The number of pyridine rings is 1. The van der Waals surface area contributed by atoms with Gasteiger partial charge in [0.05, 0.1) is 6.04 Å². The van der Waals surface area contributed by atoms with Crippen LogP contribution in [0.4, 0.5) is 0 Å². The number of hydrogen-bond donors (Lipinski definition) is 2. The van der Waals surface area contributed by atoms with Crippen LogP contribution in [0.1, 0.15) is 44.7 Å². The molecule has 2 rings (SSSR count). The second-order valence-corrected chi connectivity index (χ2v) is 5.29. The number of likely N-dealkylation sites (tertiary alicyclic amines) is 1. The molecule has 1 aromatic heterocycles. The van der Waals surface area contributed by atoms with Crippen LogP contribution in [-0.2, 0) is 0 Å². The van der Waals surface area contributed by atoms with E-state index >= 15 is 0 Å². The first-order valence-corrected chi connectivity index (χ1v) is 6.83. The average Bonchev–Trinajstić information content (AvgIpc) is 2.95. The van der Waals surface area contributed by atoms with Gasteiger partial charge in [-0.05, 0) is 50.9 Å². The summed E-state index contributed by atoms with van der Waals surface area (Å²) in [5.41, 5.74) is 4.22. The van der Waals surface area contributed by atoms with E-state index in [-0.39, 0.29) is 11.6 Å². The molecule has 1 aliphatic heterocycles. The summed E-state index contributed by atoms with van der Waals surface area (Å²) in [7, 11) is 0. The maximum absolute atomic E-state index is 5.83. The molecule has 0 saturated carbocycles. The van der Waals surface area contributed by atoms with Crippen LogP contribution in [0.2, 0.25) is 0 Å². The van der Waals surface area contributed by atoms with Gasteiger partial charge in [0, 0.05) is 17.9 Å². The van der Waals surface area contributed by atoms with Gasteiger partial charge in [0.1, 0.15) is 0 Å². The van der Waals surface area contributed by atoms with E-state index in [0.29, 0.717) is 0 Å². The van der Waals surface area contributed by atoms with Crippen LogP contribution in [0.5, 0.6) is 0 Å². The monoisotopic (exact) mass is 248 g/mol. The molecule has 4 nitrogen and oxygen atoms in total. The van der Waals surface area contributed by atoms with Crippen LogP contribution in [-0.4, -0.2) is 28.5 Å². The van der Waals surface area contributed by atoms with Crippen LogP contribution < -0.4 is 11.3 Å². The van der Waals surface area contributed by atoms with Crippen molar-refractivity contribution in [3.63, 3.8) is 0 Å². The van der Waals surface area contributed by atoms with E-state index < -0.39 is 0 Å². The number of nitrogens with two attached hydrogens (primary N) is 1. The predicted molar refractivity (Wildman–Crippen MR) is 73.8 cm³/mol. The van der Waals surface area contributed by atoms with Crippen LogP contribution in [0.15, 0.2) is 24.5 Å². The summed E-state index contributed by atoms with van der Waals surface area (Å²) in [6.07, 6.45) is 7.36. The van der Waals surface area contributed by atoms with E-state index in [9.17, 15) is 0 Å². The molecule has 1 aliphatic rings. The van der Waals surface area contributed by atoms with Gasteiger partial charge in [0.25, 0.3) is 0 Å². The molecule has 2 atom stereocenters. The molecule has 18 heavy (non-hydrogen) atoms. The van der Waals surface area contributed by atoms with E-state index in [2.05, 4.69) is 35.2 Å². The molecule has 0 spiro atoms. The zero-order valence-corrected chi connectivity index (χ0v) is 11.4. The number of nitrogens with one attached hydrogen (secondary N) is 1. The third-order valence-electron chi connectivity index (χ3n) is 4.35. The maximum atomic E-state index is 5.83. The van der Waals surface area contributed by atoms with Gasteiger partial charge >= 0.3 is 0 Å². The first-order valence-electron chi connectivity index (χ1n) is 6.83. The lowest BCUT2D eigenvalue weighted by Gasteiger charge is -2.44. The largest absolute Gasteiger partial charge is 0.296 e. The van der Waals surface area contributed by atoms with Crippen molar-refractivity contribution in [3.8, 4) is 0 Å². The Morgan fingerprint density at radius 3 is 2.72 bits per heavy atom. The number of rotatable bonds is 5. The van der Waals surface area contributed by atoms with Gasteiger partial charge in [0.15, 0.2) is 0 Å². The highest BCUT2D eigenvalue weighted by Crippen LogP contribution is 2.35. The third kappa shape index (κ3) is 2.41. The zero-order chi connectivity index (χ0) is 13.0. The second-order valence-electron chi connectivity index (χ2n) is 5.29. The summed E-state index contributed by atoms with van der Waals surface area (Å²) >= 11 is 0. The Labute approximate surface area is 110 Å². The highest BCUT2D eigenvalue weighted by Gasteiger charge is 2.39. The van der Waals surface area contributed by atoms with Crippen molar-refractivity contribution in [2.45, 2.75) is 44.7 Å². The molecule has 1 saturated heterocycles. The van der Waals surface area contributed by atoms with Crippen LogP contribution >= 0.6 is 0 Å². The van der Waals surface area contributed by atoms with E-state index in [1.54, 1.807) is 6.20 Å². The first kappa shape index (κ1) is 13.5. The smallest absolute Gasteiger partial charge is 0.0656 e.